The first-order valence-corrected chi connectivity index (χ1v) is 7.99. The van der Waals surface area contributed by atoms with Gasteiger partial charge in [0.1, 0.15) is 0 Å². The maximum Gasteiger partial charge on any atom is 0.159 e. The molecule has 1 aliphatic heterocycles. The first-order valence-electron chi connectivity index (χ1n) is 7.99. The zero-order chi connectivity index (χ0) is 16.4. The Bertz CT molecular complexity index is 687. The summed E-state index contributed by atoms with van der Waals surface area (Å²) in [6, 6.07) is 12.7. The fraction of sp³-hybridized carbons (Fsp3) is 0.368. The first kappa shape index (κ1) is 16.1. The van der Waals surface area contributed by atoms with Crippen molar-refractivity contribution < 1.29 is 8.78 Å². The van der Waals surface area contributed by atoms with Gasteiger partial charge in [-0.3, -0.25) is 4.90 Å². The molecule has 0 aromatic heterocycles. The van der Waals surface area contributed by atoms with E-state index in [4.69, 9.17) is 5.73 Å². The summed E-state index contributed by atoms with van der Waals surface area (Å²) in [5, 5.41) is 0. The summed E-state index contributed by atoms with van der Waals surface area (Å²) in [7, 11) is 0. The Hall–Kier alpha value is -1.78. The number of rotatable bonds is 3. The van der Waals surface area contributed by atoms with Crippen LogP contribution in [0.4, 0.5) is 8.78 Å². The number of likely N-dealkylation sites (tertiary alicyclic amines) is 1. The van der Waals surface area contributed by atoms with Crippen LogP contribution in [0.1, 0.15) is 29.0 Å². The van der Waals surface area contributed by atoms with Crippen molar-refractivity contribution >= 4 is 0 Å². The highest BCUT2D eigenvalue weighted by Crippen LogP contribution is 2.28. The van der Waals surface area contributed by atoms with Gasteiger partial charge in [-0.25, -0.2) is 8.78 Å². The van der Waals surface area contributed by atoms with Gasteiger partial charge in [0.05, 0.1) is 0 Å². The molecule has 2 N–H and O–H groups in total. The monoisotopic (exact) mass is 316 g/mol. The smallest absolute Gasteiger partial charge is 0.159 e. The SMILES string of the molecule is Cc1cccc(C2CC(N)CN(Cc3ccc(F)c(F)c3)C2)c1. The first-order chi connectivity index (χ1) is 11.0. The summed E-state index contributed by atoms with van der Waals surface area (Å²) in [6.07, 6.45) is 0.956. The molecule has 2 atom stereocenters. The summed E-state index contributed by atoms with van der Waals surface area (Å²) in [6.45, 7) is 4.34. The van der Waals surface area contributed by atoms with Crippen LogP contribution in [0.2, 0.25) is 0 Å². The standard InChI is InChI=1S/C19H22F2N2/c1-13-3-2-4-15(7-13)16-9-17(22)12-23(11-16)10-14-5-6-18(20)19(21)8-14/h2-8,16-17H,9-12,22H2,1H3. The fourth-order valence-electron chi connectivity index (χ4n) is 3.42. The second-order valence-electron chi connectivity index (χ2n) is 6.55. The molecule has 1 fully saturated rings. The van der Waals surface area contributed by atoms with Gasteiger partial charge in [0.25, 0.3) is 0 Å². The summed E-state index contributed by atoms with van der Waals surface area (Å²) in [5.74, 6) is -1.22. The molecule has 4 heteroatoms. The van der Waals surface area contributed by atoms with Crippen LogP contribution in [0, 0.1) is 18.6 Å². The Kier molecular flexibility index (Phi) is 4.74. The molecule has 1 heterocycles. The minimum atomic E-state index is -0.804. The molecule has 1 saturated heterocycles. The molecule has 0 bridgehead atoms. The zero-order valence-corrected chi connectivity index (χ0v) is 13.3. The van der Waals surface area contributed by atoms with Crippen molar-refractivity contribution in [3.63, 3.8) is 0 Å². The van der Waals surface area contributed by atoms with E-state index in [1.165, 1.54) is 23.3 Å². The van der Waals surface area contributed by atoms with Gasteiger partial charge in [0, 0.05) is 25.7 Å². The number of halogens is 2. The van der Waals surface area contributed by atoms with Gasteiger partial charge < -0.3 is 5.73 Å². The van der Waals surface area contributed by atoms with Crippen LogP contribution in [-0.4, -0.2) is 24.0 Å². The van der Waals surface area contributed by atoms with Crippen LogP contribution in [0.15, 0.2) is 42.5 Å². The van der Waals surface area contributed by atoms with Crippen molar-refractivity contribution in [2.75, 3.05) is 13.1 Å². The number of nitrogens with two attached hydrogens (primary N) is 1. The Morgan fingerprint density at radius 3 is 2.65 bits per heavy atom. The topological polar surface area (TPSA) is 29.3 Å². The Balaban J connectivity index is 1.74. The summed E-state index contributed by atoms with van der Waals surface area (Å²) < 4.78 is 26.4. The predicted octanol–water partition coefficient (Wildman–Crippen LogP) is 3.59. The van der Waals surface area contributed by atoms with E-state index < -0.39 is 11.6 Å². The molecule has 0 saturated carbocycles. The van der Waals surface area contributed by atoms with Crippen LogP contribution < -0.4 is 5.73 Å². The lowest BCUT2D eigenvalue weighted by Gasteiger charge is -2.36. The lowest BCUT2D eigenvalue weighted by atomic mass is 9.87. The van der Waals surface area contributed by atoms with E-state index >= 15 is 0 Å². The fourth-order valence-corrected chi connectivity index (χ4v) is 3.42. The quantitative estimate of drug-likeness (QED) is 0.937. The van der Waals surface area contributed by atoms with Crippen LogP contribution in [0.5, 0.6) is 0 Å². The van der Waals surface area contributed by atoms with Crippen molar-refractivity contribution in [1.29, 1.82) is 0 Å². The van der Waals surface area contributed by atoms with Gasteiger partial charge in [-0.1, -0.05) is 35.9 Å². The zero-order valence-electron chi connectivity index (χ0n) is 13.3. The number of aryl methyl sites for hydroxylation is 1. The lowest BCUT2D eigenvalue weighted by Crippen LogP contribution is -2.45. The molecular weight excluding hydrogens is 294 g/mol. The molecule has 3 rings (SSSR count). The van der Waals surface area contributed by atoms with Gasteiger partial charge in [0.15, 0.2) is 11.6 Å². The minimum Gasteiger partial charge on any atom is -0.327 e. The summed E-state index contributed by atoms with van der Waals surface area (Å²) >= 11 is 0. The van der Waals surface area contributed by atoms with Gasteiger partial charge >= 0.3 is 0 Å². The summed E-state index contributed by atoms with van der Waals surface area (Å²) in [4.78, 5) is 2.23. The maximum atomic E-state index is 13.4. The van der Waals surface area contributed by atoms with E-state index in [2.05, 4.69) is 36.1 Å². The average Bonchev–Trinajstić information content (AvgIpc) is 2.50. The van der Waals surface area contributed by atoms with Crippen LogP contribution in [0.25, 0.3) is 0 Å². The normalized spacial score (nSPS) is 22.3. The number of piperidine rings is 1. The third-order valence-electron chi connectivity index (χ3n) is 4.46. The molecule has 0 radical (unpaired) electrons. The molecule has 0 spiro atoms. The predicted molar refractivity (Wildman–Crippen MR) is 88.1 cm³/mol. The molecule has 122 valence electrons. The highest BCUT2D eigenvalue weighted by molar-refractivity contribution is 5.27. The lowest BCUT2D eigenvalue weighted by molar-refractivity contribution is 0.181. The molecule has 1 aliphatic rings. The molecular formula is C19H22F2N2. The van der Waals surface area contributed by atoms with Gasteiger partial charge in [0.2, 0.25) is 0 Å². The van der Waals surface area contributed by atoms with E-state index in [1.807, 2.05) is 0 Å². The molecule has 2 aromatic rings. The highest BCUT2D eigenvalue weighted by Gasteiger charge is 2.26. The Labute approximate surface area is 135 Å². The van der Waals surface area contributed by atoms with Crippen molar-refractivity contribution in [2.45, 2.75) is 31.8 Å². The summed E-state index contributed by atoms with van der Waals surface area (Å²) in [5.41, 5.74) is 9.55. The van der Waals surface area contributed by atoms with Crippen molar-refractivity contribution in [2.24, 2.45) is 5.73 Å². The Morgan fingerprint density at radius 1 is 1.09 bits per heavy atom. The average molecular weight is 316 g/mol. The molecule has 2 unspecified atom stereocenters. The number of nitrogens with zero attached hydrogens (tertiary/aromatic N) is 1. The number of hydrogen-bond acceptors (Lipinski definition) is 2. The van der Waals surface area contributed by atoms with Crippen LogP contribution in [0.3, 0.4) is 0 Å². The number of benzene rings is 2. The molecule has 0 amide bonds. The van der Waals surface area contributed by atoms with Gasteiger partial charge in [-0.05, 0) is 42.5 Å². The van der Waals surface area contributed by atoms with E-state index in [9.17, 15) is 8.78 Å². The molecule has 23 heavy (non-hydrogen) atoms. The van der Waals surface area contributed by atoms with Gasteiger partial charge in [-0.2, -0.15) is 0 Å². The molecule has 0 aliphatic carbocycles. The van der Waals surface area contributed by atoms with Crippen LogP contribution in [-0.2, 0) is 6.54 Å². The van der Waals surface area contributed by atoms with Crippen LogP contribution >= 0.6 is 0 Å². The minimum absolute atomic E-state index is 0.0968. The van der Waals surface area contributed by atoms with Crippen molar-refractivity contribution in [1.82, 2.24) is 4.90 Å². The van der Waals surface area contributed by atoms with Gasteiger partial charge in [-0.15, -0.1) is 0 Å². The maximum absolute atomic E-state index is 13.4. The second-order valence-corrected chi connectivity index (χ2v) is 6.55. The largest absolute Gasteiger partial charge is 0.327 e. The van der Waals surface area contributed by atoms with E-state index in [-0.39, 0.29) is 6.04 Å². The van der Waals surface area contributed by atoms with E-state index in [0.717, 1.165) is 25.1 Å². The van der Waals surface area contributed by atoms with Crippen molar-refractivity contribution in [3.05, 3.63) is 70.8 Å². The van der Waals surface area contributed by atoms with E-state index in [0.29, 0.717) is 12.5 Å². The molecule has 2 nitrogen and oxygen atoms in total. The number of hydrogen-bond donors (Lipinski definition) is 1. The van der Waals surface area contributed by atoms with E-state index in [1.54, 1.807) is 6.07 Å². The highest BCUT2D eigenvalue weighted by atomic mass is 19.2. The van der Waals surface area contributed by atoms with Crippen molar-refractivity contribution in [3.8, 4) is 0 Å². The third-order valence-corrected chi connectivity index (χ3v) is 4.46. The second kappa shape index (κ2) is 6.77. The Morgan fingerprint density at radius 2 is 1.91 bits per heavy atom. The third kappa shape index (κ3) is 3.95. The molecule has 2 aromatic carbocycles.